The van der Waals surface area contributed by atoms with E-state index in [4.69, 9.17) is 5.11 Å². The standard InChI is InChI=1S/C11H23O/c1-4-6-11(7-5-2)10(3)8-9-12/h10,12H,4-9H2,1-3H3. The Morgan fingerprint density at radius 3 is 2.00 bits per heavy atom. The number of hydrogen-bond donors (Lipinski definition) is 1. The Morgan fingerprint density at radius 1 is 1.17 bits per heavy atom. The Hall–Kier alpha value is -0.0400. The Kier molecular flexibility index (Phi) is 7.58. The Bertz CT molecular complexity index is 85.0. The van der Waals surface area contributed by atoms with Gasteiger partial charge in [-0.15, -0.1) is 0 Å². The molecule has 1 nitrogen and oxygen atoms in total. The second-order valence-electron chi connectivity index (χ2n) is 3.57. The molecule has 0 aliphatic carbocycles. The van der Waals surface area contributed by atoms with Crippen LogP contribution in [-0.4, -0.2) is 11.7 Å². The van der Waals surface area contributed by atoms with E-state index in [1.165, 1.54) is 25.7 Å². The summed E-state index contributed by atoms with van der Waals surface area (Å²) in [5, 5.41) is 8.81. The predicted molar refractivity (Wildman–Crippen MR) is 53.9 cm³/mol. The van der Waals surface area contributed by atoms with Crippen molar-refractivity contribution in [1.29, 1.82) is 0 Å². The highest BCUT2D eigenvalue weighted by Gasteiger charge is 2.15. The summed E-state index contributed by atoms with van der Waals surface area (Å²) < 4.78 is 0. The number of hydrogen-bond acceptors (Lipinski definition) is 1. The van der Waals surface area contributed by atoms with Crippen LogP contribution in [0.1, 0.15) is 52.9 Å². The highest BCUT2D eigenvalue weighted by Crippen LogP contribution is 2.27. The zero-order valence-corrected chi connectivity index (χ0v) is 8.77. The number of aliphatic hydroxyl groups excluding tert-OH is 1. The van der Waals surface area contributed by atoms with Crippen LogP contribution in [0.25, 0.3) is 0 Å². The van der Waals surface area contributed by atoms with Gasteiger partial charge in [-0.2, -0.15) is 0 Å². The number of rotatable bonds is 7. The van der Waals surface area contributed by atoms with Crippen molar-refractivity contribution in [3.05, 3.63) is 5.92 Å². The maximum atomic E-state index is 8.81. The largest absolute Gasteiger partial charge is 0.396 e. The van der Waals surface area contributed by atoms with Gasteiger partial charge in [0.05, 0.1) is 0 Å². The lowest BCUT2D eigenvalue weighted by Crippen LogP contribution is -2.10. The molecule has 1 atom stereocenters. The van der Waals surface area contributed by atoms with Gasteiger partial charge in [-0.3, -0.25) is 0 Å². The van der Waals surface area contributed by atoms with Crippen molar-refractivity contribution >= 4 is 0 Å². The molecule has 73 valence electrons. The average molecular weight is 171 g/mol. The molecule has 0 fully saturated rings. The molecule has 0 aromatic heterocycles. The average Bonchev–Trinajstić information content (AvgIpc) is 2.04. The van der Waals surface area contributed by atoms with E-state index in [0.717, 1.165) is 6.42 Å². The van der Waals surface area contributed by atoms with Crippen LogP contribution in [0, 0.1) is 11.8 Å². The van der Waals surface area contributed by atoms with E-state index < -0.39 is 0 Å². The summed E-state index contributed by atoms with van der Waals surface area (Å²) in [5.41, 5.74) is 0. The monoisotopic (exact) mass is 171 g/mol. The highest BCUT2D eigenvalue weighted by molar-refractivity contribution is 4.93. The first-order valence-electron chi connectivity index (χ1n) is 5.21. The van der Waals surface area contributed by atoms with E-state index >= 15 is 0 Å². The fraction of sp³-hybridized carbons (Fsp3) is 0.909. The normalized spacial score (nSPS) is 13.8. The van der Waals surface area contributed by atoms with Gasteiger partial charge < -0.3 is 5.11 Å². The molecule has 12 heavy (non-hydrogen) atoms. The maximum absolute atomic E-state index is 8.81. The zero-order valence-electron chi connectivity index (χ0n) is 8.77. The van der Waals surface area contributed by atoms with Gasteiger partial charge in [-0.05, 0) is 31.1 Å². The van der Waals surface area contributed by atoms with Crippen LogP contribution >= 0.6 is 0 Å². The van der Waals surface area contributed by atoms with Crippen molar-refractivity contribution in [3.63, 3.8) is 0 Å². The zero-order chi connectivity index (χ0) is 9.40. The molecule has 0 aliphatic rings. The fourth-order valence-corrected chi connectivity index (χ4v) is 1.66. The summed E-state index contributed by atoms with van der Waals surface area (Å²) in [4.78, 5) is 0. The van der Waals surface area contributed by atoms with Gasteiger partial charge in [0.1, 0.15) is 0 Å². The van der Waals surface area contributed by atoms with Gasteiger partial charge in [-0.1, -0.05) is 33.6 Å². The lowest BCUT2D eigenvalue weighted by atomic mass is 9.84. The van der Waals surface area contributed by atoms with Crippen LogP contribution in [0.4, 0.5) is 0 Å². The van der Waals surface area contributed by atoms with E-state index in [-0.39, 0.29) is 0 Å². The minimum Gasteiger partial charge on any atom is -0.396 e. The molecule has 0 saturated heterocycles. The Labute approximate surface area is 77.2 Å². The molecule has 1 N–H and O–H groups in total. The maximum Gasteiger partial charge on any atom is 0.0433 e. The first kappa shape index (κ1) is 12.0. The first-order chi connectivity index (χ1) is 5.76. The minimum absolute atomic E-state index is 0.331. The molecular weight excluding hydrogens is 148 g/mol. The van der Waals surface area contributed by atoms with E-state index in [0.29, 0.717) is 12.5 Å². The summed E-state index contributed by atoms with van der Waals surface area (Å²) >= 11 is 0. The molecule has 0 aromatic carbocycles. The molecule has 0 aliphatic heterocycles. The van der Waals surface area contributed by atoms with E-state index in [1.54, 1.807) is 5.92 Å². The second kappa shape index (κ2) is 7.60. The predicted octanol–water partition coefficient (Wildman–Crippen LogP) is 3.18. The van der Waals surface area contributed by atoms with Crippen molar-refractivity contribution in [1.82, 2.24) is 0 Å². The lowest BCUT2D eigenvalue weighted by molar-refractivity contribution is 0.260. The molecule has 0 aromatic rings. The van der Waals surface area contributed by atoms with Gasteiger partial charge in [0.15, 0.2) is 0 Å². The second-order valence-corrected chi connectivity index (χ2v) is 3.57. The first-order valence-corrected chi connectivity index (χ1v) is 5.21. The van der Waals surface area contributed by atoms with Crippen molar-refractivity contribution in [3.8, 4) is 0 Å². The van der Waals surface area contributed by atoms with Gasteiger partial charge >= 0.3 is 0 Å². The van der Waals surface area contributed by atoms with Crippen LogP contribution in [0.5, 0.6) is 0 Å². The van der Waals surface area contributed by atoms with Gasteiger partial charge in [0.2, 0.25) is 0 Å². The summed E-state index contributed by atoms with van der Waals surface area (Å²) in [6.07, 6.45) is 5.91. The van der Waals surface area contributed by atoms with E-state index in [2.05, 4.69) is 20.8 Å². The summed E-state index contributed by atoms with van der Waals surface area (Å²) in [7, 11) is 0. The molecule has 0 heterocycles. The van der Waals surface area contributed by atoms with Crippen LogP contribution in [0.2, 0.25) is 0 Å². The topological polar surface area (TPSA) is 20.2 Å². The summed E-state index contributed by atoms with van der Waals surface area (Å²) in [6, 6.07) is 0. The number of aliphatic hydroxyl groups is 1. The van der Waals surface area contributed by atoms with Crippen LogP contribution in [0.3, 0.4) is 0 Å². The smallest absolute Gasteiger partial charge is 0.0433 e. The molecular formula is C11H23O. The fourth-order valence-electron chi connectivity index (χ4n) is 1.66. The third-order valence-electron chi connectivity index (χ3n) is 2.40. The van der Waals surface area contributed by atoms with Crippen LogP contribution < -0.4 is 0 Å². The molecule has 1 unspecified atom stereocenters. The summed E-state index contributed by atoms with van der Waals surface area (Å²) in [5.74, 6) is 2.27. The quantitative estimate of drug-likeness (QED) is 0.623. The third-order valence-corrected chi connectivity index (χ3v) is 2.40. The molecule has 0 bridgehead atoms. The van der Waals surface area contributed by atoms with E-state index in [1.807, 2.05) is 0 Å². The van der Waals surface area contributed by atoms with Crippen molar-refractivity contribution < 1.29 is 5.11 Å². The Balaban J connectivity index is 3.72. The third kappa shape index (κ3) is 4.76. The van der Waals surface area contributed by atoms with Crippen molar-refractivity contribution in [2.24, 2.45) is 5.92 Å². The van der Waals surface area contributed by atoms with Crippen LogP contribution in [-0.2, 0) is 0 Å². The molecule has 0 amide bonds. The van der Waals surface area contributed by atoms with Gasteiger partial charge in [-0.25, -0.2) is 0 Å². The van der Waals surface area contributed by atoms with Gasteiger partial charge in [0.25, 0.3) is 0 Å². The van der Waals surface area contributed by atoms with Gasteiger partial charge in [0, 0.05) is 6.61 Å². The summed E-state index contributed by atoms with van der Waals surface area (Å²) in [6.45, 7) is 7.01. The highest BCUT2D eigenvalue weighted by atomic mass is 16.3. The minimum atomic E-state index is 0.331. The van der Waals surface area contributed by atoms with Crippen molar-refractivity contribution in [2.45, 2.75) is 52.9 Å². The molecule has 1 radical (unpaired) electrons. The lowest BCUT2D eigenvalue weighted by Gasteiger charge is -2.21. The Morgan fingerprint density at radius 2 is 1.67 bits per heavy atom. The molecule has 0 saturated carbocycles. The van der Waals surface area contributed by atoms with Crippen molar-refractivity contribution in [2.75, 3.05) is 6.61 Å². The molecule has 0 rings (SSSR count). The van der Waals surface area contributed by atoms with Crippen LogP contribution in [0.15, 0.2) is 0 Å². The van der Waals surface area contributed by atoms with E-state index in [9.17, 15) is 0 Å². The molecule has 1 heteroatoms. The molecule has 0 spiro atoms. The SMILES string of the molecule is CCC[C](CCC)C(C)CCO.